The van der Waals surface area contributed by atoms with Crippen LogP contribution in [0.3, 0.4) is 0 Å². The summed E-state index contributed by atoms with van der Waals surface area (Å²) in [5.41, 5.74) is 1.05. The number of nitrogens with zero attached hydrogens (tertiary/aromatic N) is 1. The Morgan fingerprint density at radius 1 is 1.26 bits per heavy atom. The molecular formula is C13H19BClNO3. The highest BCUT2D eigenvalue weighted by atomic mass is 35.5. The Morgan fingerprint density at radius 3 is 2.37 bits per heavy atom. The number of halogens is 1. The average Bonchev–Trinajstić information content (AvgIpc) is 2.48. The van der Waals surface area contributed by atoms with Crippen molar-refractivity contribution >= 4 is 24.2 Å². The minimum atomic E-state index is -0.445. The van der Waals surface area contributed by atoms with Crippen molar-refractivity contribution in [2.75, 3.05) is 7.11 Å². The third-order valence-electron chi connectivity index (χ3n) is 3.80. The van der Waals surface area contributed by atoms with E-state index in [0.717, 1.165) is 11.0 Å². The van der Waals surface area contributed by atoms with E-state index in [4.69, 9.17) is 25.6 Å². The molecule has 4 nitrogen and oxygen atoms in total. The van der Waals surface area contributed by atoms with E-state index in [-0.39, 0.29) is 11.2 Å². The minimum absolute atomic E-state index is 0.373. The molecule has 1 aromatic rings. The van der Waals surface area contributed by atoms with Gasteiger partial charge >= 0.3 is 7.12 Å². The molecule has 0 atom stereocenters. The van der Waals surface area contributed by atoms with E-state index in [1.54, 1.807) is 19.4 Å². The summed E-state index contributed by atoms with van der Waals surface area (Å²) in [5, 5.41) is 0.437. The first-order valence-corrected chi connectivity index (χ1v) is 6.63. The van der Waals surface area contributed by atoms with Crippen LogP contribution in [0.1, 0.15) is 33.3 Å². The highest BCUT2D eigenvalue weighted by molar-refractivity contribution is 6.62. The van der Waals surface area contributed by atoms with Gasteiger partial charge in [0.15, 0.2) is 0 Å². The predicted octanol–water partition coefficient (Wildman–Crippen LogP) is 2.18. The topological polar surface area (TPSA) is 40.6 Å². The minimum Gasteiger partial charge on any atom is -0.399 e. The molecule has 19 heavy (non-hydrogen) atoms. The normalized spacial score (nSPS) is 20.8. The zero-order valence-electron chi connectivity index (χ0n) is 12.0. The van der Waals surface area contributed by atoms with Crippen molar-refractivity contribution in [1.82, 2.24) is 4.98 Å². The second kappa shape index (κ2) is 5.06. The highest BCUT2D eigenvalue weighted by Crippen LogP contribution is 2.36. The second-order valence-corrected chi connectivity index (χ2v) is 6.11. The summed E-state index contributed by atoms with van der Waals surface area (Å²) in [4.78, 5) is 4.11. The lowest BCUT2D eigenvalue weighted by molar-refractivity contribution is 0.00578. The number of hydrogen-bond acceptors (Lipinski definition) is 4. The molecule has 0 aliphatic carbocycles. The van der Waals surface area contributed by atoms with E-state index >= 15 is 0 Å². The summed E-state index contributed by atoms with van der Waals surface area (Å²) in [7, 11) is 1.20. The molecule has 6 heteroatoms. The van der Waals surface area contributed by atoms with Crippen molar-refractivity contribution < 1.29 is 14.0 Å². The Bertz CT molecular complexity index is 463. The van der Waals surface area contributed by atoms with Crippen LogP contribution >= 0.6 is 11.6 Å². The van der Waals surface area contributed by atoms with E-state index in [2.05, 4.69) is 4.98 Å². The van der Waals surface area contributed by atoms with Gasteiger partial charge in [0.25, 0.3) is 0 Å². The van der Waals surface area contributed by atoms with Gasteiger partial charge in [-0.1, -0.05) is 11.6 Å². The molecule has 1 fully saturated rings. The molecule has 0 unspecified atom stereocenters. The molecule has 104 valence electrons. The first kappa shape index (κ1) is 14.8. The first-order chi connectivity index (χ1) is 8.77. The predicted molar refractivity (Wildman–Crippen MR) is 75.7 cm³/mol. The van der Waals surface area contributed by atoms with E-state index in [1.807, 2.05) is 27.7 Å². The molecule has 0 amide bonds. The van der Waals surface area contributed by atoms with Gasteiger partial charge in [0.1, 0.15) is 5.15 Å². The molecule has 0 N–H and O–H groups in total. The lowest BCUT2D eigenvalue weighted by atomic mass is 9.77. The highest BCUT2D eigenvalue weighted by Gasteiger charge is 2.52. The molecule has 2 heterocycles. The van der Waals surface area contributed by atoms with E-state index in [1.165, 1.54) is 0 Å². The number of rotatable bonds is 3. The van der Waals surface area contributed by atoms with Crippen molar-refractivity contribution in [2.24, 2.45) is 0 Å². The van der Waals surface area contributed by atoms with Gasteiger partial charge in [-0.2, -0.15) is 0 Å². The van der Waals surface area contributed by atoms with Crippen molar-refractivity contribution in [3.63, 3.8) is 0 Å². The van der Waals surface area contributed by atoms with Gasteiger partial charge in [-0.25, -0.2) is 4.98 Å². The molecule has 0 bridgehead atoms. The van der Waals surface area contributed by atoms with Crippen LogP contribution in [0.2, 0.25) is 5.15 Å². The monoisotopic (exact) mass is 283 g/mol. The summed E-state index contributed by atoms with van der Waals surface area (Å²) >= 11 is 5.92. The number of ether oxygens (including phenoxy) is 1. The number of pyridine rings is 1. The van der Waals surface area contributed by atoms with Gasteiger partial charge in [-0.05, 0) is 39.3 Å². The summed E-state index contributed by atoms with van der Waals surface area (Å²) in [6, 6.07) is 1.78. The van der Waals surface area contributed by atoms with Crippen LogP contribution in [0.5, 0.6) is 0 Å². The summed E-state index contributed by atoms with van der Waals surface area (Å²) in [5.74, 6) is 0. The summed E-state index contributed by atoms with van der Waals surface area (Å²) in [6.45, 7) is 8.53. The van der Waals surface area contributed by atoms with E-state index in [0.29, 0.717) is 11.8 Å². The zero-order chi connectivity index (χ0) is 14.3. The number of methoxy groups -OCH3 is 1. The SMILES string of the molecule is COCc1cc(Cl)ncc1B1OC(C)(C)C(C)(C)O1. The van der Waals surface area contributed by atoms with Gasteiger partial charge < -0.3 is 14.0 Å². The van der Waals surface area contributed by atoms with Crippen LogP contribution in [0, 0.1) is 0 Å². The van der Waals surface area contributed by atoms with Crippen LogP contribution in [0.4, 0.5) is 0 Å². The molecule has 1 aliphatic rings. The maximum atomic E-state index is 6.02. The van der Waals surface area contributed by atoms with E-state index < -0.39 is 7.12 Å². The molecule has 0 spiro atoms. The van der Waals surface area contributed by atoms with E-state index in [9.17, 15) is 0 Å². The van der Waals surface area contributed by atoms with Gasteiger partial charge in [-0.15, -0.1) is 0 Å². The molecular weight excluding hydrogens is 264 g/mol. The fourth-order valence-corrected chi connectivity index (χ4v) is 2.12. The van der Waals surface area contributed by atoms with Gasteiger partial charge in [0.05, 0.1) is 17.8 Å². The molecule has 1 aromatic heterocycles. The second-order valence-electron chi connectivity index (χ2n) is 5.73. The third kappa shape index (κ3) is 2.79. The number of aromatic nitrogens is 1. The lowest BCUT2D eigenvalue weighted by Gasteiger charge is -2.32. The zero-order valence-corrected chi connectivity index (χ0v) is 12.7. The summed E-state index contributed by atoms with van der Waals surface area (Å²) < 4.78 is 17.2. The van der Waals surface area contributed by atoms with Crippen LogP contribution in [0.15, 0.2) is 12.3 Å². The Balaban J connectivity index is 2.34. The molecule has 0 aromatic carbocycles. The molecule has 0 saturated carbocycles. The Hall–Kier alpha value is -0.615. The smallest absolute Gasteiger partial charge is 0.399 e. The first-order valence-electron chi connectivity index (χ1n) is 6.26. The quantitative estimate of drug-likeness (QED) is 0.630. The van der Waals surface area contributed by atoms with Crippen LogP contribution in [0.25, 0.3) is 0 Å². The maximum absolute atomic E-state index is 6.02. The Kier molecular flexibility index (Phi) is 3.93. The van der Waals surface area contributed by atoms with Gasteiger partial charge in [0.2, 0.25) is 0 Å². The van der Waals surface area contributed by atoms with Crippen molar-refractivity contribution in [3.8, 4) is 0 Å². The van der Waals surface area contributed by atoms with Gasteiger partial charge in [0, 0.05) is 18.8 Å². The van der Waals surface area contributed by atoms with Gasteiger partial charge in [-0.3, -0.25) is 0 Å². The maximum Gasteiger partial charge on any atom is 0.496 e. The Labute approximate surface area is 119 Å². The molecule has 2 rings (SSSR count). The van der Waals surface area contributed by atoms with Crippen molar-refractivity contribution in [3.05, 3.63) is 23.0 Å². The Morgan fingerprint density at radius 2 is 1.84 bits per heavy atom. The standard InChI is InChI=1S/C13H19BClNO3/c1-12(2)13(3,4)19-14(18-12)10-7-16-11(15)6-9(10)8-17-5/h6-7H,8H2,1-5H3. The van der Waals surface area contributed by atoms with Crippen molar-refractivity contribution in [1.29, 1.82) is 0 Å². The molecule has 0 radical (unpaired) electrons. The fraction of sp³-hybridized carbons (Fsp3) is 0.615. The lowest BCUT2D eigenvalue weighted by Crippen LogP contribution is -2.41. The fourth-order valence-electron chi connectivity index (χ4n) is 1.94. The average molecular weight is 284 g/mol. The third-order valence-corrected chi connectivity index (χ3v) is 4.00. The molecule has 1 saturated heterocycles. The molecule has 1 aliphatic heterocycles. The number of hydrogen-bond donors (Lipinski definition) is 0. The van der Waals surface area contributed by atoms with Crippen molar-refractivity contribution in [2.45, 2.75) is 45.5 Å². The summed E-state index contributed by atoms with van der Waals surface area (Å²) in [6.07, 6.45) is 1.69. The van der Waals surface area contributed by atoms with Crippen LogP contribution in [-0.2, 0) is 20.7 Å². The largest absolute Gasteiger partial charge is 0.496 e. The van der Waals surface area contributed by atoms with Crippen LogP contribution in [-0.4, -0.2) is 30.4 Å². The van der Waals surface area contributed by atoms with Crippen LogP contribution < -0.4 is 5.46 Å².